The van der Waals surface area contributed by atoms with E-state index in [9.17, 15) is 14.0 Å². The van der Waals surface area contributed by atoms with Crippen molar-refractivity contribution in [2.75, 3.05) is 19.8 Å². The molecule has 1 aliphatic heterocycles. The Morgan fingerprint density at radius 2 is 1.72 bits per heavy atom. The fourth-order valence-electron chi connectivity index (χ4n) is 3.71. The number of halogens is 1. The first kappa shape index (κ1) is 23.6. The molecule has 1 aliphatic rings. The summed E-state index contributed by atoms with van der Waals surface area (Å²) in [5.41, 5.74) is 1.74. The van der Waals surface area contributed by atoms with Crippen molar-refractivity contribution in [2.45, 2.75) is 52.1 Å². The van der Waals surface area contributed by atoms with Crippen LogP contribution in [0.2, 0.25) is 0 Å². The summed E-state index contributed by atoms with van der Waals surface area (Å²) in [6, 6.07) is 11.1. The Morgan fingerprint density at radius 3 is 2.41 bits per heavy atom. The van der Waals surface area contributed by atoms with E-state index < -0.39 is 6.04 Å². The molecule has 32 heavy (non-hydrogen) atoms. The van der Waals surface area contributed by atoms with E-state index in [0.29, 0.717) is 44.1 Å². The number of amides is 2. The van der Waals surface area contributed by atoms with Gasteiger partial charge >= 0.3 is 0 Å². The van der Waals surface area contributed by atoms with E-state index in [-0.39, 0.29) is 30.6 Å². The van der Waals surface area contributed by atoms with Crippen molar-refractivity contribution in [3.05, 3.63) is 59.4 Å². The number of hydrogen-bond acceptors (Lipinski definition) is 4. The number of fused-ring (bicyclic) bond motifs is 1. The number of carbonyl (C=O) groups is 2. The second-order valence-corrected chi connectivity index (χ2v) is 7.84. The molecule has 0 aromatic heterocycles. The number of nitrogens with one attached hydrogen (secondary N) is 1. The van der Waals surface area contributed by atoms with Crippen LogP contribution in [0.3, 0.4) is 0 Å². The highest BCUT2D eigenvalue weighted by Gasteiger charge is 2.28. The van der Waals surface area contributed by atoms with Gasteiger partial charge in [0.15, 0.2) is 11.5 Å². The fraction of sp³-hybridized carbons (Fsp3) is 0.440. The molecule has 2 aromatic carbocycles. The predicted molar refractivity (Wildman–Crippen MR) is 120 cm³/mol. The molecule has 0 unspecified atom stereocenters. The number of nitrogens with zero attached hydrogens (tertiary/aromatic N) is 1. The van der Waals surface area contributed by atoms with E-state index in [0.717, 1.165) is 17.5 Å². The largest absolute Gasteiger partial charge is 0.486 e. The zero-order chi connectivity index (χ0) is 22.9. The van der Waals surface area contributed by atoms with E-state index >= 15 is 0 Å². The first-order valence-electron chi connectivity index (χ1n) is 11.2. The Kier molecular flexibility index (Phi) is 8.48. The van der Waals surface area contributed by atoms with Crippen LogP contribution in [0.25, 0.3) is 0 Å². The third-order valence-electron chi connectivity index (χ3n) is 5.44. The van der Waals surface area contributed by atoms with Crippen LogP contribution in [0.1, 0.15) is 44.2 Å². The molecule has 0 aliphatic carbocycles. The van der Waals surface area contributed by atoms with Crippen molar-refractivity contribution >= 4 is 11.8 Å². The lowest BCUT2D eigenvalue weighted by Gasteiger charge is -2.31. The molecule has 0 saturated heterocycles. The Bertz CT molecular complexity index is 917. The number of rotatable bonds is 10. The molecule has 2 amide bonds. The second-order valence-electron chi connectivity index (χ2n) is 7.84. The first-order valence-corrected chi connectivity index (χ1v) is 11.2. The minimum atomic E-state index is -0.584. The van der Waals surface area contributed by atoms with Gasteiger partial charge in [-0.05, 0) is 54.7 Å². The predicted octanol–water partition coefficient (Wildman–Crippen LogP) is 3.86. The Hall–Kier alpha value is -3.09. The summed E-state index contributed by atoms with van der Waals surface area (Å²) in [4.78, 5) is 27.6. The van der Waals surface area contributed by atoms with Gasteiger partial charge in [-0.1, -0.05) is 32.0 Å². The maximum absolute atomic E-state index is 13.3. The number of benzene rings is 2. The van der Waals surface area contributed by atoms with Crippen molar-refractivity contribution in [3.63, 3.8) is 0 Å². The molecule has 7 heteroatoms. The molecule has 1 N–H and O–H groups in total. The SMILES string of the molecule is CCCNC(=O)[C@@H](CC)N(Cc1ccc(F)cc1)C(=O)CCc1ccc2c(c1)OCCO2. The quantitative estimate of drug-likeness (QED) is 0.607. The zero-order valence-electron chi connectivity index (χ0n) is 18.7. The normalized spacial score (nSPS) is 13.3. The van der Waals surface area contributed by atoms with Crippen LogP contribution in [-0.2, 0) is 22.6 Å². The average Bonchev–Trinajstić information content (AvgIpc) is 2.82. The van der Waals surface area contributed by atoms with Crippen molar-refractivity contribution < 1.29 is 23.5 Å². The summed E-state index contributed by atoms with van der Waals surface area (Å²) in [7, 11) is 0. The van der Waals surface area contributed by atoms with Crippen LogP contribution in [-0.4, -0.2) is 42.5 Å². The highest BCUT2D eigenvalue weighted by Crippen LogP contribution is 2.31. The molecular weight excluding hydrogens is 411 g/mol. The number of hydrogen-bond donors (Lipinski definition) is 1. The lowest BCUT2D eigenvalue weighted by molar-refractivity contribution is -0.141. The van der Waals surface area contributed by atoms with Crippen molar-refractivity contribution in [1.82, 2.24) is 10.2 Å². The maximum Gasteiger partial charge on any atom is 0.242 e. The van der Waals surface area contributed by atoms with E-state index in [4.69, 9.17) is 9.47 Å². The van der Waals surface area contributed by atoms with Crippen LogP contribution in [0.5, 0.6) is 11.5 Å². The van der Waals surface area contributed by atoms with Gasteiger partial charge in [0.1, 0.15) is 25.1 Å². The van der Waals surface area contributed by atoms with Gasteiger partial charge in [-0.25, -0.2) is 4.39 Å². The minimum absolute atomic E-state index is 0.122. The molecule has 0 radical (unpaired) electrons. The van der Waals surface area contributed by atoms with Gasteiger partial charge in [0.2, 0.25) is 11.8 Å². The average molecular weight is 443 g/mol. The Balaban J connectivity index is 1.73. The molecule has 2 aromatic rings. The minimum Gasteiger partial charge on any atom is -0.486 e. The fourth-order valence-corrected chi connectivity index (χ4v) is 3.71. The summed E-state index contributed by atoms with van der Waals surface area (Å²) < 4.78 is 24.5. The molecule has 172 valence electrons. The van der Waals surface area contributed by atoms with Crippen LogP contribution in [0.4, 0.5) is 4.39 Å². The van der Waals surface area contributed by atoms with Crippen LogP contribution in [0, 0.1) is 5.82 Å². The molecule has 0 spiro atoms. The summed E-state index contributed by atoms with van der Waals surface area (Å²) in [6.45, 7) is 5.72. The summed E-state index contributed by atoms with van der Waals surface area (Å²) in [5.74, 6) is 0.780. The van der Waals surface area contributed by atoms with Gasteiger partial charge in [-0.15, -0.1) is 0 Å². The summed E-state index contributed by atoms with van der Waals surface area (Å²) in [5, 5.41) is 2.90. The first-order chi connectivity index (χ1) is 15.5. The third-order valence-corrected chi connectivity index (χ3v) is 5.44. The molecule has 3 rings (SSSR count). The van der Waals surface area contributed by atoms with Gasteiger partial charge in [-0.3, -0.25) is 9.59 Å². The van der Waals surface area contributed by atoms with Gasteiger partial charge < -0.3 is 19.7 Å². The van der Waals surface area contributed by atoms with Crippen molar-refractivity contribution in [3.8, 4) is 11.5 Å². The van der Waals surface area contributed by atoms with Crippen molar-refractivity contribution in [1.29, 1.82) is 0 Å². The van der Waals surface area contributed by atoms with Crippen LogP contribution in [0.15, 0.2) is 42.5 Å². The topological polar surface area (TPSA) is 67.9 Å². The maximum atomic E-state index is 13.3. The van der Waals surface area contributed by atoms with E-state index in [1.807, 2.05) is 32.0 Å². The molecule has 0 fully saturated rings. The molecular formula is C25H31FN2O4. The van der Waals surface area contributed by atoms with Crippen LogP contribution < -0.4 is 14.8 Å². The molecule has 0 saturated carbocycles. The molecule has 1 atom stereocenters. The monoisotopic (exact) mass is 442 g/mol. The lowest BCUT2D eigenvalue weighted by atomic mass is 10.1. The highest BCUT2D eigenvalue weighted by atomic mass is 19.1. The second kappa shape index (κ2) is 11.5. The molecule has 0 bridgehead atoms. The van der Waals surface area contributed by atoms with E-state index in [1.54, 1.807) is 17.0 Å². The lowest BCUT2D eigenvalue weighted by Crippen LogP contribution is -2.49. The van der Waals surface area contributed by atoms with E-state index in [1.165, 1.54) is 12.1 Å². The highest BCUT2D eigenvalue weighted by molar-refractivity contribution is 5.87. The van der Waals surface area contributed by atoms with Gasteiger partial charge in [0.05, 0.1) is 0 Å². The third kappa shape index (κ3) is 6.22. The van der Waals surface area contributed by atoms with E-state index in [2.05, 4.69) is 5.32 Å². The van der Waals surface area contributed by atoms with Gasteiger partial charge in [0, 0.05) is 19.5 Å². The standard InChI is InChI=1S/C25H31FN2O4/c1-3-13-27-25(30)21(4-2)28(17-19-5-9-20(26)10-6-19)24(29)12-8-18-7-11-22-23(16-18)32-15-14-31-22/h5-7,9-11,16,21H,3-4,8,12-15,17H2,1-2H3,(H,27,30)/t21-/m1/s1. The smallest absolute Gasteiger partial charge is 0.242 e. The van der Waals surface area contributed by atoms with Gasteiger partial charge in [-0.2, -0.15) is 0 Å². The number of aryl methyl sites for hydroxylation is 1. The summed E-state index contributed by atoms with van der Waals surface area (Å²) in [6.07, 6.45) is 2.07. The Morgan fingerprint density at radius 1 is 1.03 bits per heavy atom. The number of ether oxygens (including phenoxy) is 2. The molecule has 1 heterocycles. The number of carbonyl (C=O) groups excluding carboxylic acids is 2. The Labute approximate surface area is 188 Å². The summed E-state index contributed by atoms with van der Waals surface area (Å²) >= 11 is 0. The zero-order valence-corrected chi connectivity index (χ0v) is 18.7. The van der Waals surface area contributed by atoms with Crippen molar-refractivity contribution in [2.24, 2.45) is 0 Å². The molecule has 6 nitrogen and oxygen atoms in total. The van der Waals surface area contributed by atoms with Crippen LogP contribution >= 0.6 is 0 Å². The van der Waals surface area contributed by atoms with Gasteiger partial charge in [0.25, 0.3) is 0 Å².